The number of nitrogens with zero attached hydrogens (tertiary/aromatic N) is 1. The van der Waals surface area contributed by atoms with E-state index in [1.54, 1.807) is 30.6 Å². The topological polar surface area (TPSA) is 84.1 Å². The van der Waals surface area contributed by atoms with Gasteiger partial charge in [-0.1, -0.05) is 0 Å². The molecule has 1 amide bonds. The summed E-state index contributed by atoms with van der Waals surface area (Å²) < 4.78 is 5.82. The van der Waals surface area contributed by atoms with Crippen molar-refractivity contribution in [2.24, 2.45) is 0 Å². The molecule has 1 aliphatic heterocycles. The first kappa shape index (κ1) is 15.4. The first-order chi connectivity index (χ1) is 11.9. The third-order valence-corrected chi connectivity index (χ3v) is 4.19. The number of hydrogen-bond donors (Lipinski definition) is 2. The number of rotatable bonds is 2. The van der Waals surface area contributed by atoms with Gasteiger partial charge in [0.1, 0.15) is 11.4 Å². The molecule has 0 fully saturated rings. The number of benzene rings is 2. The Hall–Kier alpha value is -3.15. The van der Waals surface area contributed by atoms with Gasteiger partial charge in [0.05, 0.1) is 29.3 Å². The van der Waals surface area contributed by atoms with Crippen molar-refractivity contribution >= 4 is 28.4 Å². The Bertz CT molecular complexity index is 1000. The lowest BCUT2D eigenvalue weighted by Crippen LogP contribution is -2.36. The number of aromatic nitrogens is 2. The van der Waals surface area contributed by atoms with E-state index in [9.17, 15) is 9.59 Å². The van der Waals surface area contributed by atoms with Crippen molar-refractivity contribution in [2.75, 3.05) is 5.32 Å². The minimum atomic E-state index is -0.520. The van der Waals surface area contributed by atoms with Crippen LogP contribution in [0, 0.1) is 0 Å². The van der Waals surface area contributed by atoms with Crippen LogP contribution in [0.25, 0.3) is 11.0 Å². The van der Waals surface area contributed by atoms with E-state index >= 15 is 0 Å². The molecule has 6 heteroatoms. The fraction of sp³-hybridized carbons (Fsp3) is 0.211. The van der Waals surface area contributed by atoms with Crippen molar-refractivity contribution in [3.8, 4) is 5.75 Å². The third kappa shape index (κ3) is 2.87. The predicted octanol–water partition coefficient (Wildman–Crippen LogP) is 3.56. The van der Waals surface area contributed by atoms with Gasteiger partial charge in [0.2, 0.25) is 0 Å². The average Bonchev–Trinajstić information content (AvgIpc) is 3.01. The first-order valence-electron chi connectivity index (χ1n) is 8.02. The molecule has 2 N–H and O–H groups in total. The lowest BCUT2D eigenvalue weighted by molar-refractivity contribution is 0.0620. The highest BCUT2D eigenvalue weighted by atomic mass is 16.5. The largest absolute Gasteiger partial charge is 0.487 e. The maximum Gasteiger partial charge on any atom is 0.255 e. The van der Waals surface area contributed by atoms with Crippen LogP contribution in [0.5, 0.6) is 5.75 Å². The maximum absolute atomic E-state index is 12.5. The molecule has 0 saturated heterocycles. The number of hydrogen-bond acceptors (Lipinski definition) is 4. The zero-order valence-corrected chi connectivity index (χ0v) is 13.9. The summed E-state index contributed by atoms with van der Waals surface area (Å²) in [5.41, 5.74) is 2.68. The van der Waals surface area contributed by atoms with Crippen LogP contribution in [0.4, 0.5) is 5.69 Å². The van der Waals surface area contributed by atoms with Crippen molar-refractivity contribution in [3.63, 3.8) is 0 Å². The predicted molar refractivity (Wildman–Crippen MR) is 94.1 cm³/mol. The maximum atomic E-state index is 12.5. The van der Waals surface area contributed by atoms with Gasteiger partial charge in [-0.05, 0) is 50.2 Å². The Morgan fingerprint density at radius 2 is 2.08 bits per heavy atom. The SMILES string of the molecule is CC1(C)CC(=O)c2cc(C(=O)Nc3ccc4nc[nH]c4c3)ccc2O1. The summed E-state index contributed by atoms with van der Waals surface area (Å²) in [6.45, 7) is 3.75. The second-order valence-corrected chi connectivity index (χ2v) is 6.76. The summed E-state index contributed by atoms with van der Waals surface area (Å²) in [5, 5.41) is 2.84. The minimum Gasteiger partial charge on any atom is -0.487 e. The summed E-state index contributed by atoms with van der Waals surface area (Å²) in [4.78, 5) is 32.0. The van der Waals surface area contributed by atoms with Crippen molar-refractivity contribution < 1.29 is 14.3 Å². The van der Waals surface area contributed by atoms with Crippen molar-refractivity contribution in [1.82, 2.24) is 9.97 Å². The Balaban J connectivity index is 1.60. The van der Waals surface area contributed by atoms with Crippen molar-refractivity contribution in [3.05, 3.63) is 53.9 Å². The minimum absolute atomic E-state index is 0.0141. The van der Waals surface area contributed by atoms with E-state index in [-0.39, 0.29) is 11.7 Å². The summed E-state index contributed by atoms with van der Waals surface area (Å²) in [6.07, 6.45) is 1.90. The molecule has 6 nitrogen and oxygen atoms in total. The van der Waals surface area contributed by atoms with Gasteiger partial charge in [0.15, 0.2) is 5.78 Å². The third-order valence-electron chi connectivity index (χ3n) is 4.19. The number of amides is 1. The molecule has 1 aromatic heterocycles. The number of ether oxygens (including phenoxy) is 1. The highest BCUT2D eigenvalue weighted by Gasteiger charge is 2.32. The number of nitrogens with one attached hydrogen (secondary N) is 2. The quantitative estimate of drug-likeness (QED) is 0.750. The van der Waals surface area contributed by atoms with Gasteiger partial charge < -0.3 is 15.0 Å². The molecule has 4 rings (SSSR count). The van der Waals surface area contributed by atoms with Crippen LogP contribution in [0.3, 0.4) is 0 Å². The van der Waals surface area contributed by atoms with Crippen LogP contribution in [0.15, 0.2) is 42.7 Å². The lowest BCUT2D eigenvalue weighted by Gasteiger charge is -2.31. The molecule has 0 aliphatic carbocycles. The van der Waals surface area contributed by atoms with Crippen LogP contribution in [0.1, 0.15) is 41.0 Å². The van der Waals surface area contributed by atoms with Crippen molar-refractivity contribution in [2.45, 2.75) is 25.9 Å². The van der Waals surface area contributed by atoms with Crippen LogP contribution in [-0.4, -0.2) is 27.3 Å². The molecule has 0 saturated carbocycles. The standard InChI is InChI=1S/C19H17N3O3/c1-19(2)9-16(23)13-7-11(3-6-17(13)25-19)18(24)22-12-4-5-14-15(8-12)21-10-20-14/h3-8,10H,9H2,1-2H3,(H,20,21)(H,22,24). The van der Waals surface area contributed by atoms with E-state index in [0.717, 1.165) is 11.0 Å². The van der Waals surface area contributed by atoms with Crippen LogP contribution in [0.2, 0.25) is 0 Å². The zero-order valence-electron chi connectivity index (χ0n) is 13.9. The van der Waals surface area contributed by atoms with Gasteiger partial charge in [0.25, 0.3) is 5.91 Å². The smallest absolute Gasteiger partial charge is 0.255 e. The number of anilines is 1. The second kappa shape index (κ2) is 5.44. The summed E-state index contributed by atoms with van der Waals surface area (Å²) in [7, 11) is 0. The number of H-pyrrole nitrogens is 1. The normalized spacial score (nSPS) is 15.5. The lowest BCUT2D eigenvalue weighted by atomic mass is 9.92. The second-order valence-electron chi connectivity index (χ2n) is 6.76. The Morgan fingerprint density at radius 3 is 2.92 bits per heavy atom. The van der Waals surface area contributed by atoms with Crippen LogP contribution in [-0.2, 0) is 0 Å². The highest BCUT2D eigenvalue weighted by Crippen LogP contribution is 2.33. The number of imidazole rings is 1. The zero-order chi connectivity index (χ0) is 17.6. The van der Waals surface area contributed by atoms with E-state index in [2.05, 4.69) is 15.3 Å². The van der Waals surface area contributed by atoms with E-state index in [1.165, 1.54) is 0 Å². The number of carbonyl (C=O) groups excluding carboxylic acids is 2. The fourth-order valence-corrected chi connectivity index (χ4v) is 3.01. The first-order valence-corrected chi connectivity index (χ1v) is 8.02. The van der Waals surface area contributed by atoms with Crippen molar-refractivity contribution in [1.29, 1.82) is 0 Å². The fourth-order valence-electron chi connectivity index (χ4n) is 3.01. The Morgan fingerprint density at radius 1 is 1.24 bits per heavy atom. The van der Waals surface area contributed by atoms with Gasteiger partial charge in [0, 0.05) is 11.3 Å². The molecule has 2 aromatic carbocycles. The van der Waals surface area contributed by atoms with Crippen LogP contribution >= 0.6 is 0 Å². The van der Waals surface area contributed by atoms with E-state index in [1.807, 2.05) is 26.0 Å². The summed E-state index contributed by atoms with van der Waals surface area (Å²) >= 11 is 0. The molecule has 2 heterocycles. The van der Waals surface area contributed by atoms with E-state index in [0.29, 0.717) is 29.0 Å². The molecule has 0 spiro atoms. The van der Waals surface area contributed by atoms with Gasteiger partial charge in [-0.2, -0.15) is 0 Å². The van der Waals surface area contributed by atoms with Gasteiger partial charge >= 0.3 is 0 Å². The monoisotopic (exact) mass is 335 g/mol. The molecule has 0 bridgehead atoms. The number of Topliss-reactive ketones (excluding diaryl/α,β-unsaturated/α-hetero) is 1. The number of ketones is 1. The Labute approximate surface area is 144 Å². The molecular weight excluding hydrogens is 318 g/mol. The molecule has 3 aromatic rings. The molecule has 0 unspecified atom stereocenters. The van der Waals surface area contributed by atoms with Gasteiger partial charge in [-0.3, -0.25) is 9.59 Å². The molecular formula is C19H17N3O3. The van der Waals surface area contributed by atoms with Crippen LogP contribution < -0.4 is 10.1 Å². The number of fused-ring (bicyclic) bond motifs is 2. The van der Waals surface area contributed by atoms with Gasteiger partial charge in [-0.25, -0.2) is 4.98 Å². The molecule has 1 aliphatic rings. The average molecular weight is 335 g/mol. The number of aromatic amines is 1. The molecule has 25 heavy (non-hydrogen) atoms. The highest BCUT2D eigenvalue weighted by molar-refractivity contribution is 6.08. The molecule has 0 atom stereocenters. The molecule has 0 radical (unpaired) electrons. The summed E-state index contributed by atoms with van der Waals surface area (Å²) in [5.74, 6) is 0.232. The van der Waals surface area contributed by atoms with Gasteiger partial charge in [-0.15, -0.1) is 0 Å². The van der Waals surface area contributed by atoms with E-state index < -0.39 is 5.60 Å². The Kier molecular flexibility index (Phi) is 3.35. The van der Waals surface area contributed by atoms with E-state index in [4.69, 9.17) is 4.74 Å². The number of carbonyl (C=O) groups is 2. The summed E-state index contributed by atoms with van der Waals surface area (Å²) in [6, 6.07) is 10.4. The molecule has 126 valence electrons.